The van der Waals surface area contributed by atoms with Crippen molar-refractivity contribution in [3.8, 4) is 5.75 Å². The summed E-state index contributed by atoms with van der Waals surface area (Å²) in [6, 6.07) is 23.8. The summed E-state index contributed by atoms with van der Waals surface area (Å²) in [6.45, 7) is 3.09. The van der Waals surface area contributed by atoms with Crippen LogP contribution in [0.3, 0.4) is 0 Å². The molecular weight excluding hydrogens is 360 g/mol. The van der Waals surface area contributed by atoms with Gasteiger partial charge < -0.3 is 15.0 Å². The van der Waals surface area contributed by atoms with Gasteiger partial charge in [-0.1, -0.05) is 48.5 Å². The predicted molar refractivity (Wildman–Crippen MR) is 116 cm³/mol. The number of amides is 1. The third kappa shape index (κ3) is 4.49. The molecule has 0 radical (unpaired) electrons. The number of aromatic nitrogens is 1. The van der Waals surface area contributed by atoms with Crippen molar-refractivity contribution in [2.75, 3.05) is 6.54 Å². The second-order valence-corrected chi connectivity index (χ2v) is 7.12. The smallest absolute Gasteiger partial charge is 0.251 e. The quantitative estimate of drug-likeness (QED) is 0.470. The third-order valence-electron chi connectivity index (χ3n) is 5.06. The Bertz CT molecular complexity index is 1120. The number of benzene rings is 3. The van der Waals surface area contributed by atoms with Crippen molar-refractivity contribution < 1.29 is 9.53 Å². The summed E-state index contributed by atoms with van der Waals surface area (Å²) in [7, 11) is 0. The Balaban J connectivity index is 1.36. The summed E-state index contributed by atoms with van der Waals surface area (Å²) in [5.41, 5.74) is 5.08. The zero-order valence-electron chi connectivity index (χ0n) is 16.4. The number of carbonyl (C=O) groups is 1. The lowest BCUT2D eigenvalue weighted by atomic mass is 10.1. The van der Waals surface area contributed by atoms with Gasteiger partial charge in [0.1, 0.15) is 12.4 Å². The molecular formula is C25H24N2O2. The molecule has 1 heterocycles. The first-order valence-electron chi connectivity index (χ1n) is 9.81. The van der Waals surface area contributed by atoms with Crippen molar-refractivity contribution in [3.05, 3.63) is 101 Å². The lowest BCUT2D eigenvalue weighted by Crippen LogP contribution is -2.26. The first-order chi connectivity index (χ1) is 14.2. The Morgan fingerprint density at radius 2 is 1.79 bits per heavy atom. The van der Waals surface area contributed by atoms with E-state index in [0.29, 0.717) is 13.2 Å². The van der Waals surface area contributed by atoms with Crippen LogP contribution in [0.1, 0.15) is 27.0 Å². The fourth-order valence-electron chi connectivity index (χ4n) is 3.44. The topological polar surface area (TPSA) is 54.1 Å². The SMILES string of the molecule is Cc1ccccc1C(=O)NCCc1c[nH]c2cc(OCc3ccccc3)ccc12. The van der Waals surface area contributed by atoms with Crippen molar-refractivity contribution in [3.63, 3.8) is 0 Å². The fraction of sp³-hybridized carbons (Fsp3) is 0.160. The van der Waals surface area contributed by atoms with E-state index in [2.05, 4.69) is 28.5 Å². The molecule has 4 aromatic rings. The number of aryl methyl sites for hydroxylation is 1. The van der Waals surface area contributed by atoms with Gasteiger partial charge in [0.05, 0.1) is 0 Å². The van der Waals surface area contributed by atoms with Crippen molar-refractivity contribution >= 4 is 16.8 Å². The maximum absolute atomic E-state index is 12.4. The lowest BCUT2D eigenvalue weighted by Gasteiger charge is -2.08. The Kier molecular flexibility index (Phi) is 5.61. The van der Waals surface area contributed by atoms with Gasteiger partial charge in [-0.3, -0.25) is 4.79 Å². The minimum absolute atomic E-state index is 0.0282. The van der Waals surface area contributed by atoms with Crippen molar-refractivity contribution in [2.24, 2.45) is 0 Å². The van der Waals surface area contributed by atoms with Gasteiger partial charge in [-0.25, -0.2) is 0 Å². The molecule has 146 valence electrons. The largest absolute Gasteiger partial charge is 0.489 e. The molecule has 0 spiro atoms. The maximum atomic E-state index is 12.4. The number of nitrogens with one attached hydrogen (secondary N) is 2. The Morgan fingerprint density at radius 3 is 2.62 bits per heavy atom. The van der Waals surface area contributed by atoms with E-state index in [1.54, 1.807) is 0 Å². The van der Waals surface area contributed by atoms with Gasteiger partial charge in [0.25, 0.3) is 5.91 Å². The van der Waals surface area contributed by atoms with Crippen LogP contribution in [0.25, 0.3) is 10.9 Å². The van der Waals surface area contributed by atoms with E-state index in [-0.39, 0.29) is 5.91 Å². The third-order valence-corrected chi connectivity index (χ3v) is 5.06. The van der Waals surface area contributed by atoms with Gasteiger partial charge >= 0.3 is 0 Å². The molecule has 0 aliphatic heterocycles. The van der Waals surface area contributed by atoms with Crippen molar-refractivity contribution in [1.82, 2.24) is 10.3 Å². The summed E-state index contributed by atoms with van der Waals surface area (Å²) in [5.74, 6) is 0.808. The van der Waals surface area contributed by atoms with E-state index in [1.165, 1.54) is 5.56 Å². The molecule has 0 saturated heterocycles. The van der Waals surface area contributed by atoms with E-state index in [1.807, 2.05) is 67.7 Å². The molecule has 0 fully saturated rings. The van der Waals surface area contributed by atoms with Gasteiger partial charge in [0, 0.05) is 35.3 Å². The number of carbonyl (C=O) groups excluding carboxylic acids is 1. The molecule has 0 saturated carbocycles. The average molecular weight is 384 g/mol. The summed E-state index contributed by atoms with van der Waals surface area (Å²) in [6.07, 6.45) is 2.77. The van der Waals surface area contributed by atoms with E-state index in [0.717, 1.165) is 39.8 Å². The molecule has 4 nitrogen and oxygen atoms in total. The number of rotatable bonds is 7. The van der Waals surface area contributed by atoms with E-state index in [9.17, 15) is 4.79 Å². The van der Waals surface area contributed by atoms with E-state index < -0.39 is 0 Å². The summed E-state index contributed by atoms with van der Waals surface area (Å²) in [5, 5.41) is 4.17. The molecule has 0 aliphatic carbocycles. The number of hydrogen-bond donors (Lipinski definition) is 2. The van der Waals surface area contributed by atoms with Crippen LogP contribution in [0.15, 0.2) is 79.0 Å². The standard InChI is InChI=1S/C25H24N2O2/c1-18-7-5-6-10-22(18)25(28)26-14-13-20-16-27-24-15-21(11-12-23(20)24)29-17-19-8-3-2-4-9-19/h2-12,15-16,27H,13-14,17H2,1H3,(H,26,28). The molecule has 0 bridgehead atoms. The highest BCUT2D eigenvalue weighted by atomic mass is 16.5. The van der Waals surface area contributed by atoms with Crippen LogP contribution in [-0.2, 0) is 13.0 Å². The second kappa shape index (κ2) is 8.65. The monoisotopic (exact) mass is 384 g/mol. The Hall–Kier alpha value is -3.53. The van der Waals surface area contributed by atoms with Gasteiger partial charge in [-0.05, 0) is 48.2 Å². The zero-order chi connectivity index (χ0) is 20.1. The van der Waals surface area contributed by atoms with Crippen LogP contribution >= 0.6 is 0 Å². The van der Waals surface area contributed by atoms with Crippen LogP contribution in [-0.4, -0.2) is 17.4 Å². The highest BCUT2D eigenvalue weighted by molar-refractivity contribution is 5.95. The first-order valence-corrected chi connectivity index (χ1v) is 9.81. The van der Waals surface area contributed by atoms with Crippen LogP contribution in [0, 0.1) is 6.92 Å². The molecule has 0 atom stereocenters. The number of H-pyrrole nitrogens is 1. The molecule has 0 aliphatic rings. The molecule has 3 aromatic carbocycles. The maximum Gasteiger partial charge on any atom is 0.251 e. The molecule has 1 amide bonds. The summed E-state index contributed by atoms with van der Waals surface area (Å²) in [4.78, 5) is 15.7. The summed E-state index contributed by atoms with van der Waals surface area (Å²) < 4.78 is 5.91. The second-order valence-electron chi connectivity index (χ2n) is 7.12. The van der Waals surface area contributed by atoms with Gasteiger partial charge in [0.15, 0.2) is 0 Å². The number of aromatic amines is 1. The van der Waals surface area contributed by atoms with Gasteiger partial charge in [0.2, 0.25) is 0 Å². The van der Waals surface area contributed by atoms with Gasteiger partial charge in [-0.2, -0.15) is 0 Å². The van der Waals surface area contributed by atoms with Gasteiger partial charge in [-0.15, -0.1) is 0 Å². The highest BCUT2D eigenvalue weighted by Crippen LogP contribution is 2.24. The molecule has 1 aromatic heterocycles. The minimum Gasteiger partial charge on any atom is -0.489 e. The molecule has 0 unspecified atom stereocenters. The van der Waals surface area contributed by atoms with E-state index >= 15 is 0 Å². The number of fused-ring (bicyclic) bond motifs is 1. The highest BCUT2D eigenvalue weighted by Gasteiger charge is 2.09. The van der Waals surface area contributed by atoms with Crippen molar-refractivity contribution in [1.29, 1.82) is 0 Å². The van der Waals surface area contributed by atoms with Crippen molar-refractivity contribution in [2.45, 2.75) is 20.0 Å². The number of hydrogen-bond acceptors (Lipinski definition) is 2. The molecule has 2 N–H and O–H groups in total. The molecule has 4 heteroatoms. The first kappa shape index (κ1) is 18.8. The normalized spacial score (nSPS) is 10.8. The van der Waals surface area contributed by atoms with Crippen LogP contribution in [0.2, 0.25) is 0 Å². The van der Waals surface area contributed by atoms with Crippen LogP contribution in [0.5, 0.6) is 5.75 Å². The van der Waals surface area contributed by atoms with Crippen LogP contribution in [0.4, 0.5) is 0 Å². The minimum atomic E-state index is -0.0282. The lowest BCUT2D eigenvalue weighted by molar-refractivity contribution is 0.0953. The average Bonchev–Trinajstić information content (AvgIpc) is 3.15. The summed E-state index contributed by atoms with van der Waals surface area (Å²) >= 11 is 0. The molecule has 4 rings (SSSR count). The predicted octanol–water partition coefficient (Wildman–Crippen LogP) is 5.03. The number of ether oxygens (including phenoxy) is 1. The van der Waals surface area contributed by atoms with E-state index in [4.69, 9.17) is 4.74 Å². The Morgan fingerprint density at radius 1 is 1.00 bits per heavy atom. The molecule has 29 heavy (non-hydrogen) atoms. The fourth-order valence-corrected chi connectivity index (χ4v) is 3.44. The zero-order valence-corrected chi connectivity index (χ0v) is 16.4. The van der Waals surface area contributed by atoms with Crippen LogP contribution < -0.4 is 10.1 Å². The Labute approximate surface area is 170 Å².